The second kappa shape index (κ2) is 7.94. The Labute approximate surface area is 145 Å². The zero-order valence-corrected chi connectivity index (χ0v) is 14.1. The maximum atomic E-state index is 12.3. The van der Waals surface area contributed by atoms with E-state index in [9.17, 15) is 9.59 Å². The molecule has 1 aliphatic rings. The summed E-state index contributed by atoms with van der Waals surface area (Å²) in [5, 5.41) is 2.95. The monoisotopic (exact) mass is 343 g/mol. The molecule has 0 aromatic carbocycles. The van der Waals surface area contributed by atoms with Gasteiger partial charge in [0, 0.05) is 24.6 Å². The first-order valence-corrected chi connectivity index (χ1v) is 8.24. The van der Waals surface area contributed by atoms with Gasteiger partial charge in [0.25, 0.3) is 5.56 Å². The minimum atomic E-state index is -0.297. The molecule has 1 saturated heterocycles. The van der Waals surface area contributed by atoms with E-state index < -0.39 is 0 Å². The van der Waals surface area contributed by atoms with Crippen molar-refractivity contribution >= 4 is 5.91 Å². The zero-order chi connectivity index (χ0) is 17.6. The van der Waals surface area contributed by atoms with Gasteiger partial charge in [-0.1, -0.05) is 6.07 Å². The van der Waals surface area contributed by atoms with Crippen LogP contribution in [0.1, 0.15) is 12.1 Å². The molecule has 1 N–H and O–H groups in total. The number of carbonyl (C=O) groups is 1. The predicted octanol–water partition coefficient (Wildman–Crippen LogP) is 0.904. The molecule has 3 rings (SSSR count). The SMILES string of the molecule is Cc1ccc(O[C@@H]2COCC[C@@H]2NC(=O)Cn2ccccc2=O)cn1. The lowest BCUT2D eigenvalue weighted by Gasteiger charge is -2.32. The fourth-order valence-corrected chi connectivity index (χ4v) is 2.69. The molecular formula is C18H21N3O4. The van der Waals surface area contributed by atoms with Crippen LogP contribution in [0.15, 0.2) is 47.5 Å². The molecule has 1 fully saturated rings. The highest BCUT2D eigenvalue weighted by molar-refractivity contribution is 5.76. The van der Waals surface area contributed by atoms with E-state index in [2.05, 4.69) is 10.3 Å². The molecule has 7 heteroatoms. The number of ether oxygens (including phenoxy) is 2. The van der Waals surface area contributed by atoms with Gasteiger partial charge in [0.1, 0.15) is 18.4 Å². The molecule has 132 valence electrons. The number of hydrogen-bond acceptors (Lipinski definition) is 5. The molecule has 0 saturated carbocycles. The first-order chi connectivity index (χ1) is 12.1. The summed E-state index contributed by atoms with van der Waals surface area (Å²) in [6.45, 7) is 2.84. The Kier molecular flexibility index (Phi) is 5.45. The number of rotatable bonds is 5. The smallest absolute Gasteiger partial charge is 0.250 e. The summed E-state index contributed by atoms with van der Waals surface area (Å²) in [5.74, 6) is 0.412. The van der Waals surface area contributed by atoms with Gasteiger partial charge in [-0.05, 0) is 31.5 Å². The van der Waals surface area contributed by atoms with Gasteiger partial charge in [0.15, 0.2) is 0 Å². The van der Waals surface area contributed by atoms with Crippen molar-refractivity contribution in [2.75, 3.05) is 13.2 Å². The summed E-state index contributed by atoms with van der Waals surface area (Å²) < 4.78 is 12.8. The Morgan fingerprint density at radius 2 is 2.28 bits per heavy atom. The van der Waals surface area contributed by atoms with Gasteiger partial charge in [-0.3, -0.25) is 14.6 Å². The molecule has 1 amide bonds. The van der Waals surface area contributed by atoms with Crippen LogP contribution >= 0.6 is 0 Å². The van der Waals surface area contributed by atoms with E-state index in [1.165, 1.54) is 10.6 Å². The van der Waals surface area contributed by atoms with Crippen molar-refractivity contribution in [3.8, 4) is 5.75 Å². The average Bonchev–Trinajstić information content (AvgIpc) is 2.61. The Bertz CT molecular complexity index is 772. The highest BCUT2D eigenvalue weighted by Gasteiger charge is 2.29. The number of nitrogens with zero attached hydrogens (tertiary/aromatic N) is 2. The highest BCUT2D eigenvalue weighted by Crippen LogP contribution is 2.17. The van der Waals surface area contributed by atoms with E-state index in [0.717, 1.165) is 5.69 Å². The Morgan fingerprint density at radius 1 is 1.40 bits per heavy atom. The van der Waals surface area contributed by atoms with Crippen molar-refractivity contribution in [3.05, 3.63) is 58.8 Å². The molecular weight excluding hydrogens is 322 g/mol. The second-order valence-corrected chi connectivity index (χ2v) is 6.00. The lowest BCUT2D eigenvalue weighted by molar-refractivity contribution is -0.124. The van der Waals surface area contributed by atoms with Crippen LogP contribution in [-0.4, -0.2) is 40.8 Å². The second-order valence-electron chi connectivity index (χ2n) is 6.00. The van der Waals surface area contributed by atoms with Gasteiger partial charge in [-0.15, -0.1) is 0 Å². The summed E-state index contributed by atoms with van der Waals surface area (Å²) >= 11 is 0. The van der Waals surface area contributed by atoms with Gasteiger partial charge in [0.05, 0.1) is 18.8 Å². The van der Waals surface area contributed by atoms with Crippen LogP contribution in [0.4, 0.5) is 0 Å². The van der Waals surface area contributed by atoms with Crippen molar-refractivity contribution in [1.29, 1.82) is 0 Å². The molecule has 2 aromatic heterocycles. The van der Waals surface area contributed by atoms with Gasteiger partial charge in [-0.2, -0.15) is 0 Å². The third-order valence-corrected chi connectivity index (χ3v) is 4.04. The van der Waals surface area contributed by atoms with Gasteiger partial charge >= 0.3 is 0 Å². The van der Waals surface area contributed by atoms with E-state index in [1.807, 2.05) is 19.1 Å². The highest BCUT2D eigenvalue weighted by atomic mass is 16.5. The van der Waals surface area contributed by atoms with Gasteiger partial charge < -0.3 is 19.4 Å². The standard InChI is InChI=1S/C18H21N3O4/c1-13-5-6-14(10-19-13)25-16-12-24-9-7-15(16)20-17(22)11-21-8-3-2-4-18(21)23/h2-6,8,10,15-16H,7,9,11-12H2,1H3,(H,20,22)/t15-,16+/m0/s1. The first-order valence-electron chi connectivity index (χ1n) is 8.24. The number of aromatic nitrogens is 2. The van der Waals surface area contributed by atoms with Crippen molar-refractivity contribution in [3.63, 3.8) is 0 Å². The quantitative estimate of drug-likeness (QED) is 0.872. The van der Waals surface area contributed by atoms with Crippen LogP contribution in [0.3, 0.4) is 0 Å². The van der Waals surface area contributed by atoms with Gasteiger partial charge in [-0.25, -0.2) is 0 Å². The van der Waals surface area contributed by atoms with Crippen LogP contribution in [0.25, 0.3) is 0 Å². The van der Waals surface area contributed by atoms with Crippen LogP contribution in [0.5, 0.6) is 5.75 Å². The molecule has 2 aromatic rings. The number of carbonyl (C=O) groups excluding carboxylic acids is 1. The molecule has 3 heterocycles. The topological polar surface area (TPSA) is 82.5 Å². The number of amides is 1. The van der Waals surface area contributed by atoms with E-state index in [1.54, 1.807) is 24.5 Å². The van der Waals surface area contributed by atoms with Crippen LogP contribution in [0.2, 0.25) is 0 Å². The van der Waals surface area contributed by atoms with Crippen molar-refractivity contribution in [2.24, 2.45) is 0 Å². The normalized spacial score (nSPS) is 20.0. The molecule has 0 bridgehead atoms. The number of pyridine rings is 2. The maximum absolute atomic E-state index is 12.3. The maximum Gasteiger partial charge on any atom is 0.250 e. The summed E-state index contributed by atoms with van der Waals surface area (Å²) in [4.78, 5) is 28.2. The van der Waals surface area contributed by atoms with Crippen LogP contribution in [0, 0.1) is 6.92 Å². The fourth-order valence-electron chi connectivity index (χ4n) is 2.69. The fraction of sp³-hybridized carbons (Fsp3) is 0.389. The largest absolute Gasteiger partial charge is 0.484 e. The molecule has 7 nitrogen and oxygen atoms in total. The molecule has 0 unspecified atom stereocenters. The third kappa shape index (κ3) is 4.67. The Morgan fingerprint density at radius 3 is 3.04 bits per heavy atom. The summed E-state index contributed by atoms with van der Waals surface area (Å²) in [5.41, 5.74) is 0.702. The van der Waals surface area contributed by atoms with E-state index in [0.29, 0.717) is 25.4 Å². The minimum absolute atomic E-state index is 0.0180. The van der Waals surface area contributed by atoms with Crippen LogP contribution in [-0.2, 0) is 16.1 Å². The molecule has 25 heavy (non-hydrogen) atoms. The first kappa shape index (κ1) is 17.2. The van der Waals surface area contributed by atoms with E-state index in [4.69, 9.17) is 9.47 Å². The number of hydrogen-bond donors (Lipinski definition) is 1. The van der Waals surface area contributed by atoms with Crippen LogP contribution < -0.4 is 15.6 Å². The summed E-state index contributed by atoms with van der Waals surface area (Å²) in [6, 6.07) is 8.34. The number of aryl methyl sites for hydroxylation is 1. The third-order valence-electron chi connectivity index (χ3n) is 4.04. The Hall–Kier alpha value is -2.67. The van der Waals surface area contributed by atoms with E-state index in [-0.39, 0.29) is 30.2 Å². The zero-order valence-electron chi connectivity index (χ0n) is 14.1. The van der Waals surface area contributed by atoms with Crippen molar-refractivity contribution in [2.45, 2.75) is 32.0 Å². The van der Waals surface area contributed by atoms with Crippen molar-refractivity contribution < 1.29 is 14.3 Å². The van der Waals surface area contributed by atoms with Gasteiger partial charge in [0.2, 0.25) is 5.91 Å². The molecule has 0 radical (unpaired) electrons. The lowest BCUT2D eigenvalue weighted by atomic mass is 10.1. The summed E-state index contributed by atoms with van der Waals surface area (Å²) in [6.07, 6.45) is 3.61. The van der Waals surface area contributed by atoms with E-state index >= 15 is 0 Å². The number of nitrogens with one attached hydrogen (secondary N) is 1. The molecule has 0 spiro atoms. The summed E-state index contributed by atoms with van der Waals surface area (Å²) in [7, 11) is 0. The molecule has 1 aliphatic heterocycles. The van der Waals surface area contributed by atoms with Crippen molar-refractivity contribution in [1.82, 2.24) is 14.9 Å². The Balaban J connectivity index is 1.62. The average molecular weight is 343 g/mol. The molecule has 0 aliphatic carbocycles. The molecule has 2 atom stereocenters. The lowest BCUT2D eigenvalue weighted by Crippen LogP contribution is -2.52. The minimum Gasteiger partial charge on any atom is -0.484 e. The predicted molar refractivity (Wildman–Crippen MR) is 91.5 cm³/mol.